The fourth-order valence-electron chi connectivity index (χ4n) is 2.67. The van der Waals surface area contributed by atoms with E-state index in [1.54, 1.807) is 0 Å². The van der Waals surface area contributed by atoms with Crippen LogP contribution in [-0.4, -0.2) is 48.5 Å². The number of hydrogen-bond donors (Lipinski definition) is 2. The second-order valence-electron chi connectivity index (χ2n) is 6.47. The van der Waals surface area contributed by atoms with E-state index in [0.717, 1.165) is 18.9 Å². The van der Waals surface area contributed by atoms with E-state index in [9.17, 15) is 23.1 Å². The minimum atomic E-state index is -4.61. The minimum Gasteiger partial charge on any atom is -0.478 e. The maximum Gasteiger partial charge on any atom is 0.433 e. The Morgan fingerprint density at radius 1 is 1.24 bits per heavy atom. The predicted molar refractivity (Wildman–Crippen MR) is 93.0 cm³/mol. The fraction of sp³-hybridized carbons (Fsp3) is 0.294. The second-order valence-corrected chi connectivity index (χ2v) is 6.47. The zero-order chi connectivity index (χ0) is 20.6. The molecule has 2 aliphatic rings. The van der Waals surface area contributed by atoms with E-state index in [2.05, 4.69) is 30.4 Å². The van der Waals surface area contributed by atoms with Gasteiger partial charge in [0.2, 0.25) is 0 Å². The van der Waals surface area contributed by atoms with Crippen LogP contribution in [0.15, 0.2) is 36.1 Å². The lowest BCUT2D eigenvalue weighted by molar-refractivity contribution is -0.141. The molecule has 1 saturated carbocycles. The summed E-state index contributed by atoms with van der Waals surface area (Å²) < 4.78 is 39.6. The second kappa shape index (κ2) is 7.11. The number of nitrogens with zero attached hydrogens (tertiary/aromatic N) is 6. The molecule has 3 heterocycles. The van der Waals surface area contributed by atoms with Gasteiger partial charge in [0.1, 0.15) is 30.2 Å². The SMILES string of the molecule is O=C(O)/C(=C/N1CNC(c2cc(C(F)(F)F)nc(C3CC3)n2)=N1)c1cncnc1. The quantitative estimate of drug-likeness (QED) is 0.724. The summed E-state index contributed by atoms with van der Waals surface area (Å²) in [5, 5.41) is 17.7. The van der Waals surface area contributed by atoms with Crippen molar-refractivity contribution in [1.82, 2.24) is 30.3 Å². The highest BCUT2D eigenvalue weighted by atomic mass is 19.4. The number of amidine groups is 1. The number of nitrogens with one attached hydrogen (secondary N) is 1. The van der Waals surface area contributed by atoms with Crippen molar-refractivity contribution in [3.63, 3.8) is 0 Å². The number of carboxylic acid groups (broad SMARTS) is 1. The summed E-state index contributed by atoms with van der Waals surface area (Å²) >= 11 is 0. The highest BCUT2D eigenvalue weighted by Gasteiger charge is 2.37. The molecule has 1 aliphatic heterocycles. The monoisotopic (exact) mass is 405 g/mol. The van der Waals surface area contributed by atoms with Crippen molar-refractivity contribution >= 4 is 17.4 Å². The molecule has 0 unspecified atom stereocenters. The molecule has 12 heteroatoms. The van der Waals surface area contributed by atoms with Gasteiger partial charge in [0, 0.05) is 30.1 Å². The Balaban J connectivity index is 1.66. The van der Waals surface area contributed by atoms with Crippen molar-refractivity contribution in [3.8, 4) is 0 Å². The number of aliphatic carboxylic acids is 1. The molecule has 2 aromatic rings. The maximum absolute atomic E-state index is 13.2. The van der Waals surface area contributed by atoms with E-state index in [1.165, 1.54) is 29.9 Å². The van der Waals surface area contributed by atoms with Gasteiger partial charge < -0.3 is 10.4 Å². The summed E-state index contributed by atoms with van der Waals surface area (Å²) in [5.41, 5.74) is -0.878. The lowest BCUT2D eigenvalue weighted by Crippen LogP contribution is -2.25. The number of alkyl halides is 3. The van der Waals surface area contributed by atoms with Crippen molar-refractivity contribution in [3.05, 3.63) is 53.8 Å². The van der Waals surface area contributed by atoms with E-state index in [1.807, 2.05) is 0 Å². The molecule has 0 saturated heterocycles. The summed E-state index contributed by atoms with van der Waals surface area (Å²) in [4.78, 5) is 27.0. The van der Waals surface area contributed by atoms with E-state index >= 15 is 0 Å². The first-order valence-electron chi connectivity index (χ1n) is 8.57. The molecule has 0 amide bonds. The smallest absolute Gasteiger partial charge is 0.433 e. The standard InChI is InChI=1S/C17H14F3N7O2/c18-17(19,20)13-3-12(24-14(25-13)9-1-2-9)15-23-8-27(26-15)6-11(16(28)29)10-4-21-7-22-5-10/h3-7,9H,1-2,8H2,(H,23,26)(H,28,29)/b11-6+. The van der Waals surface area contributed by atoms with Crippen molar-refractivity contribution in [2.24, 2.45) is 5.10 Å². The molecule has 0 atom stereocenters. The molecule has 2 aromatic heterocycles. The Bertz CT molecular complexity index is 1000. The third-order valence-electron chi connectivity index (χ3n) is 4.24. The predicted octanol–water partition coefficient (Wildman–Crippen LogP) is 1.81. The molecule has 150 valence electrons. The number of carboxylic acids is 1. The third-order valence-corrected chi connectivity index (χ3v) is 4.24. The molecule has 2 N–H and O–H groups in total. The summed E-state index contributed by atoms with van der Waals surface area (Å²) in [6, 6.07) is 0.827. The first-order chi connectivity index (χ1) is 13.8. The Hall–Kier alpha value is -3.57. The number of halogens is 3. The summed E-state index contributed by atoms with van der Waals surface area (Å²) in [6.07, 6.45) is 2.07. The highest BCUT2D eigenvalue weighted by Crippen LogP contribution is 2.39. The third kappa shape index (κ3) is 4.15. The van der Waals surface area contributed by atoms with Crippen molar-refractivity contribution < 1.29 is 23.1 Å². The maximum atomic E-state index is 13.2. The van der Waals surface area contributed by atoms with Gasteiger partial charge in [0.05, 0.1) is 5.57 Å². The van der Waals surface area contributed by atoms with Gasteiger partial charge in [0.25, 0.3) is 0 Å². The van der Waals surface area contributed by atoms with Crippen LogP contribution in [0.3, 0.4) is 0 Å². The van der Waals surface area contributed by atoms with E-state index < -0.39 is 17.8 Å². The van der Waals surface area contributed by atoms with Crippen LogP contribution in [0, 0.1) is 0 Å². The molecule has 1 aliphatic carbocycles. The normalized spacial score (nSPS) is 17.1. The summed E-state index contributed by atoms with van der Waals surface area (Å²) in [6.45, 7) is 0.0594. The van der Waals surface area contributed by atoms with Crippen molar-refractivity contribution in [2.75, 3.05) is 6.67 Å². The molecule has 0 spiro atoms. The molecule has 29 heavy (non-hydrogen) atoms. The number of carbonyl (C=O) groups is 1. The van der Waals surface area contributed by atoms with Crippen LogP contribution in [0.1, 0.15) is 41.5 Å². The fourth-order valence-corrected chi connectivity index (χ4v) is 2.67. The van der Waals surface area contributed by atoms with Crippen molar-refractivity contribution in [1.29, 1.82) is 0 Å². The molecule has 0 bridgehead atoms. The molecule has 0 aromatic carbocycles. The largest absolute Gasteiger partial charge is 0.478 e. The van der Waals surface area contributed by atoms with Gasteiger partial charge in [-0.3, -0.25) is 5.01 Å². The van der Waals surface area contributed by atoms with Gasteiger partial charge in [-0.2, -0.15) is 18.3 Å². The molecule has 1 fully saturated rings. The Morgan fingerprint density at radius 2 is 1.97 bits per heavy atom. The lowest BCUT2D eigenvalue weighted by atomic mass is 10.1. The molecule has 0 radical (unpaired) electrons. The number of rotatable bonds is 5. The van der Waals surface area contributed by atoms with E-state index in [4.69, 9.17) is 0 Å². The summed E-state index contributed by atoms with van der Waals surface area (Å²) in [5.74, 6) is -1.06. The zero-order valence-electron chi connectivity index (χ0n) is 14.8. The van der Waals surface area contributed by atoms with Crippen LogP contribution in [0.25, 0.3) is 5.57 Å². The molecular formula is C17H14F3N7O2. The van der Waals surface area contributed by atoms with Crippen LogP contribution in [0.4, 0.5) is 13.2 Å². The van der Waals surface area contributed by atoms with Crippen LogP contribution in [0.5, 0.6) is 0 Å². The van der Waals surface area contributed by atoms with Gasteiger partial charge >= 0.3 is 12.1 Å². The number of hydrogen-bond acceptors (Lipinski definition) is 8. The van der Waals surface area contributed by atoms with Gasteiger partial charge in [-0.05, 0) is 18.9 Å². The lowest BCUT2D eigenvalue weighted by Gasteiger charge is -2.09. The average molecular weight is 405 g/mol. The van der Waals surface area contributed by atoms with Gasteiger partial charge in [-0.1, -0.05) is 0 Å². The van der Waals surface area contributed by atoms with Crippen LogP contribution < -0.4 is 5.32 Å². The molecule has 9 nitrogen and oxygen atoms in total. The zero-order valence-corrected chi connectivity index (χ0v) is 14.8. The van der Waals surface area contributed by atoms with Gasteiger partial charge in [-0.15, -0.1) is 0 Å². The van der Waals surface area contributed by atoms with Gasteiger partial charge in [0.15, 0.2) is 5.84 Å². The highest BCUT2D eigenvalue weighted by molar-refractivity contribution is 6.15. The molecular weight excluding hydrogens is 391 g/mol. The topological polar surface area (TPSA) is 116 Å². The number of hydrazone groups is 1. The average Bonchev–Trinajstić information content (AvgIpc) is 3.44. The Kier molecular flexibility index (Phi) is 4.60. The van der Waals surface area contributed by atoms with Crippen LogP contribution >= 0.6 is 0 Å². The summed E-state index contributed by atoms with van der Waals surface area (Å²) in [7, 11) is 0. The van der Waals surface area contributed by atoms with Crippen molar-refractivity contribution in [2.45, 2.75) is 24.9 Å². The minimum absolute atomic E-state index is 0.00467. The number of aromatic nitrogens is 4. The van der Waals surface area contributed by atoms with E-state index in [0.29, 0.717) is 0 Å². The first kappa shape index (κ1) is 18.8. The van der Waals surface area contributed by atoms with Crippen LogP contribution in [0.2, 0.25) is 0 Å². The Labute approximate surface area is 162 Å². The Morgan fingerprint density at radius 3 is 2.59 bits per heavy atom. The molecule has 4 rings (SSSR count). The van der Waals surface area contributed by atoms with Crippen LogP contribution in [-0.2, 0) is 11.0 Å². The van der Waals surface area contributed by atoms with E-state index in [-0.39, 0.29) is 41.1 Å². The first-order valence-corrected chi connectivity index (χ1v) is 8.57. The van der Waals surface area contributed by atoms with Gasteiger partial charge in [-0.25, -0.2) is 24.7 Å².